The molecule has 0 aromatic heterocycles. The van der Waals surface area contributed by atoms with Crippen molar-refractivity contribution in [3.8, 4) is 5.75 Å². The van der Waals surface area contributed by atoms with Crippen molar-refractivity contribution in [1.29, 1.82) is 0 Å². The monoisotopic (exact) mass is 217 g/mol. The standard InChI is InChI=1S/C14H19NO/c1-10-7-12-8-11(3-4-13(12)16-10)9-14(15-2)5-6-14/h3-4,8,10,15H,5-7,9H2,1-2H3. The molecular weight excluding hydrogens is 198 g/mol. The Morgan fingerprint density at radius 1 is 1.44 bits per heavy atom. The van der Waals surface area contributed by atoms with E-state index in [4.69, 9.17) is 4.74 Å². The summed E-state index contributed by atoms with van der Waals surface area (Å²) < 4.78 is 5.72. The third-order valence-electron chi connectivity index (χ3n) is 3.89. The van der Waals surface area contributed by atoms with Crippen LogP contribution in [0.25, 0.3) is 0 Å². The van der Waals surface area contributed by atoms with Crippen molar-refractivity contribution in [2.45, 2.75) is 44.2 Å². The maximum Gasteiger partial charge on any atom is 0.123 e. The predicted molar refractivity (Wildman–Crippen MR) is 65.0 cm³/mol. The SMILES string of the molecule is CNC1(Cc2ccc3c(c2)CC(C)O3)CC1. The molecule has 1 aromatic carbocycles. The molecule has 0 spiro atoms. The summed E-state index contributed by atoms with van der Waals surface area (Å²) in [6.45, 7) is 2.13. The van der Waals surface area contributed by atoms with Crippen molar-refractivity contribution >= 4 is 0 Å². The van der Waals surface area contributed by atoms with E-state index < -0.39 is 0 Å². The van der Waals surface area contributed by atoms with Gasteiger partial charge in [0, 0.05) is 12.0 Å². The first kappa shape index (κ1) is 10.2. The zero-order valence-electron chi connectivity index (χ0n) is 10.0. The normalized spacial score (nSPS) is 25.0. The zero-order chi connectivity index (χ0) is 11.2. The number of rotatable bonds is 3. The molecule has 1 fully saturated rings. The molecule has 2 heteroatoms. The molecule has 1 unspecified atom stereocenters. The molecule has 1 atom stereocenters. The lowest BCUT2D eigenvalue weighted by molar-refractivity contribution is 0.254. The lowest BCUT2D eigenvalue weighted by Gasteiger charge is -2.14. The number of benzene rings is 1. The second-order valence-electron chi connectivity index (χ2n) is 5.28. The van der Waals surface area contributed by atoms with Gasteiger partial charge in [0.2, 0.25) is 0 Å². The molecule has 1 aliphatic heterocycles. The van der Waals surface area contributed by atoms with E-state index in [0.29, 0.717) is 11.6 Å². The molecule has 1 N–H and O–H groups in total. The molecule has 86 valence electrons. The van der Waals surface area contributed by atoms with Gasteiger partial charge in [0.1, 0.15) is 11.9 Å². The van der Waals surface area contributed by atoms with Crippen LogP contribution >= 0.6 is 0 Å². The Hall–Kier alpha value is -1.02. The fourth-order valence-corrected chi connectivity index (χ4v) is 2.64. The number of hydrogen-bond acceptors (Lipinski definition) is 2. The van der Waals surface area contributed by atoms with Crippen molar-refractivity contribution in [2.75, 3.05) is 7.05 Å². The lowest BCUT2D eigenvalue weighted by atomic mass is 10.0. The Morgan fingerprint density at radius 3 is 2.94 bits per heavy atom. The largest absolute Gasteiger partial charge is 0.490 e. The minimum Gasteiger partial charge on any atom is -0.490 e. The minimum atomic E-state index is 0.351. The molecule has 0 bridgehead atoms. The van der Waals surface area contributed by atoms with E-state index >= 15 is 0 Å². The quantitative estimate of drug-likeness (QED) is 0.839. The van der Waals surface area contributed by atoms with Crippen LogP contribution in [0.2, 0.25) is 0 Å². The average Bonchev–Trinajstić information content (AvgIpc) is 2.93. The number of nitrogens with one attached hydrogen (secondary N) is 1. The predicted octanol–water partition coefficient (Wildman–Crippen LogP) is 2.30. The van der Waals surface area contributed by atoms with E-state index in [1.54, 1.807) is 0 Å². The Bertz CT molecular complexity index is 409. The highest BCUT2D eigenvalue weighted by molar-refractivity contribution is 5.41. The van der Waals surface area contributed by atoms with Crippen LogP contribution in [-0.4, -0.2) is 18.7 Å². The van der Waals surface area contributed by atoms with E-state index in [0.717, 1.165) is 18.6 Å². The first-order chi connectivity index (χ1) is 7.71. The molecule has 1 aliphatic carbocycles. The number of ether oxygens (including phenoxy) is 1. The summed E-state index contributed by atoms with van der Waals surface area (Å²) in [4.78, 5) is 0. The van der Waals surface area contributed by atoms with Crippen LogP contribution in [-0.2, 0) is 12.8 Å². The molecule has 2 nitrogen and oxygen atoms in total. The zero-order valence-corrected chi connectivity index (χ0v) is 10.0. The highest BCUT2D eigenvalue weighted by Crippen LogP contribution is 2.39. The van der Waals surface area contributed by atoms with Gasteiger partial charge in [-0.3, -0.25) is 0 Å². The van der Waals surface area contributed by atoms with E-state index in [1.807, 2.05) is 0 Å². The topological polar surface area (TPSA) is 21.3 Å². The van der Waals surface area contributed by atoms with Gasteiger partial charge in [0.05, 0.1) is 0 Å². The summed E-state index contributed by atoms with van der Waals surface area (Å²) in [6, 6.07) is 6.68. The minimum absolute atomic E-state index is 0.351. The van der Waals surface area contributed by atoms with Crippen LogP contribution in [0.15, 0.2) is 18.2 Å². The van der Waals surface area contributed by atoms with Gasteiger partial charge < -0.3 is 10.1 Å². The van der Waals surface area contributed by atoms with Crippen molar-refractivity contribution in [3.63, 3.8) is 0 Å². The van der Waals surface area contributed by atoms with Gasteiger partial charge in [-0.25, -0.2) is 0 Å². The highest BCUT2D eigenvalue weighted by Gasteiger charge is 2.40. The first-order valence-electron chi connectivity index (χ1n) is 6.18. The van der Waals surface area contributed by atoms with Crippen LogP contribution in [0, 0.1) is 0 Å². The third kappa shape index (κ3) is 1.71. The van der Waals surface area contributed by atoms with Crippen molar-refractivity contribution in [3.05, 3.63) is 29.3 Å². The lowest BCUT2D eigenvalue weighted by Crippen LogP contribution is -2.29. The summed E-state index contributed by atoms with van der Waals surface area (Å²) in [5.74, 6) is 1.09. The first-order valence-corrected chi connectivity index (χ1v) is 6.18. The fourth-order valence-electron chi connectivity index (χ4n) is 2.64. The number of fused-ring (bicyclic) bond motifs is 1. The maximum atomic E-state index is 5.72. The maximum absolute atomic E-state index is 5.72. The molecule has 0 saturated heterocycles. The summed E-state index contributed by atoms with van der Waals surface area (Å²) in [6.07, 6.45) is 5.20. The molecule has 0 amide bonds. The van der Waals surface area contributed by atoms with Gasteiger partial charge in [-0.15, -0.1) is 0 Å². The van der Waals surface area contributed by atoms with Gasteiger partial charge >= 0.3 is 0 Å². The van der Waals surface area contributed by atoms with Crippen LogP contribution < -0.4 is 10.1 Å². The van der Waals surface area contributed by atoms with Crippen molar-refractivity contribution in [2.24, 2.45) is 0 Å². The van der Waals surface area contributed by atoms with Gasteiger partial charge in [0.25, 0.3) is 0 Å². The molecule has 16 heavy (non-hydrogen) atoms. The second kappa shape index (κ2) is 3.49. The molecule has 0 radical (unpaired) electrons. The van der Waals surface area contributed by atoms with Crippen LogP contribution in [0.3, 0.4) is 0 Å². The molecule has 1 aromatic rings. The van der Waals surface area contributed by atoms with E-state index in [9.17, 15) is 0 Å². The van der Waals surface area contributed by atoms with Gasteiger partial charge in [-0.05, 0) is 50.4 Å². The van der Waals surface area contributed by atoms with Crippen LogP contribution in [0.1, 0.15) is 30.9 Å². The number of hydrogen-bond donors (Lipinski definition) is 1. The Labute approximate surface area is 97.0 Å². The van der Waals surface area contributed by atoms with Crippen LogP contribution in [0.5, 0.6) is 5.75 Å². The molecular formula is C14H19NO. The van der Waals surface area contributed by atoms with Crippen LogP contribution in [0.4, 0.5) is 0 Å². The Balaban J connectivity index is 1.80. The Morgan fingerprint density at radius 2 is 2.25 bits per heavy atom. The summed E-state index contributed by atoms with van der Waals surface area (Å²) in [7, 11) is 2.07. The fraction of sp³-hybridized carbons (Fsp3) is 0.571. The van der Waals surface area contributed by atoms with E-state index in [1.165, 1.54) is 24.0 Å². The van der Waals surface area contributed by atoms with E-state index in [2.05, 4.69) is 37.5 Å². The summed E-state index contributed by atoms with van der Waals surface area (Å²) >= 11 is 0. The number of likely N-dealkylation sites (N-methyl/N-ethyl adjacent to an activating group) is 1. The molecule has 1 heterocycles. The Kier molecular flexibility index (Phi) is 2.21. The summed E-state index contributed by atoms with van der Waals surface area (Å²) in [5, 5.41) is 3.45. The van der Waals surface area contributed by atoms with Crippen molar-refractivity contribution < 1.29 is 4.74 Å². The average molecular weight is 217 g/mol. The third-order valence-corrected chi connectivity index (χ3v) is 3.89. The van der Waals surface area contributed by atoms with Gasteiger partial charge in [-0.1, -0.05) is 12.1 Å². The second-order valence-corrected chi connectivity index (χ2v) is 5.28. The van der Waals surface area contributed by atoms with Gasteiger partial charge in [0.15, 0.2) is 0 Å². The van der Waals surface area contributed by atoms with E-state index in [-0.39, 0.29) is 0 Å². The summed E-state index contributed by atoms with van der Waals surface area (Å²) in [5.41, 5.74) is 3.24. The smallest absolute Gasteiger partial charge is 0.123 e. The molecule has 1 saturated carbocycles. The van der Waals surface area contributed by atoms with Gasteiger partial charge in [-0.2, -0.15) is 0 Å². The highest BCUT2D eigenvalue weighted by atomic mass is 16.5. The molecule has 3 rings (SSSR count). The molecule has 2 aliphatic rings. The van der Waals surface area contributed by atoms with Crippen molar-refractivity contribution in [1.82, 2.24) is 5.32 Å².